The van der Waals surface area contributed by atoms with Crippen LogP contribution in [-0.4, -0.2) is 52.2 Å². The average molecular weight is 190 g/mol. The van der Waals surface area contributed by atoms with Crippen molar-refractivity contribution in [2.75, 3.05) is 0 Å². The average Bonchev–Trinajstić information content (AvgIpc) is 0.811. The molecule has 0 heterocycles. The van der Waals surface area contributed by atoms with E-state index < -0.39 is 14.5 Å². The van der Waals surface area contributed by atoms with Crippen LogP contribution in [0, 0.1) is 0 Å². The summed E-state index contributed by atoms with van der Waals surface area (Å²) < 4.78 is 25.6. The van der Waals surface area contributed by atoms with Gasteiger partial charge in [0.25, 0.3) is 0 Å². The maximum absolute atomic E-state index is 8.54. The van der Waals surface area contributed by atoms with Gasteiger partial charge >= 0.3 is 94.0 Å². The van der Waals surface area contributed by atoms with Crippen LogP contribution in [0.25, 0.3) is 0 Å². The van der Waals surface area contributed by atoms with Crippen LogP contribution < -0.4 is 37.9 Å². The van der Waals surface area contributed by atoms with E-state index in [1.54, 1.807) is 0 Å². The van der Waals surface area contributed by atoms with Crippen molar-refractivity contribution >= 4 is 52.2 Å². The molecule has 0 bridgehead atoms. The fourth-order valence-electron chi connectivity index (χ4n) is 0. The second-order valence-electron chi connectivity index (χ2n) is 0.204. The van der Waals surface area contributed by atoms with Crippen LogP contribution in [0.15, 0.2) is 0 Å². The van der Waals surface area contributed by atoms with E-state index >= 15 is 0 Å². The minimum absolute atomic E-state index is 0. The minimum Gasteiger partial charge on any atom is 1.00 e. The van der Waals surface area contributed by atoms with Gasteiger partial charge in [-0.3, -0.25) is 0 Å². The predicted octanol–water partition coefficient (Wildman–Crippen LogP) is -6.25. The SMILES string of the molecule is O=[Se]([O-])[O-].[Ca+2].[Na+]. The monoisotopic (exact) mass is 191 g/mol. The molecule has 0 aliphatic heterocycles. The van der Waals surface area contributed by atoms with E-state index in [0.717, 1.165) is 0 Å². The third-order valence-corrected chi connectivity index (χ3v) is 0. The summed E-state index contributed by atoms with van der Waals surface area (Å²) in [6.45, 7) is 0. The Kier molecular flexibility index (Phi) is 27.6. The smallest absolute Gasteiger partial charge is 1.00 e. The largest absolute Gasteiger partial charge is 2.00 e. The second-order valence-corrected chi connectivity index (χ2v) is 1.06. The van der Waals surface area contributed by atoms with Crippen molar-refractivity contribution < 1.29 is 41.8 Å². The Hall–Kier alpha value is 2.50. The standard InChI is InChI=1S/Ca.Na.H2O3Se/c;;1-4(2)3/h;;(H2,1,2,3)/q+2;+1;/p-2. The number of hydrogen-bond acceptors (Lipinski definition) is 3. The molecule has 0 saturated heterocycles. The molecule has 6 heavy (non-hydrogen) atoms. The van der Waals surface area contributed by atoms with Crippen molar-refractivity contribution in [2.45, 2.75) is 0 Å². The van der Waals surface area contributed by atoms with Crippen molar-refractivity contribution in [2.24, 2.45) is 0 Å². The first kappa shape index (κ1) is 15.8. The summed E-state index contributed by atoms with van der Waals surface area (Å²) in [4.78, 5) is 0. The first-order valence-electron chi connectivity index (χ1n) is 0.500. The Morgan fingerprint density at radius 3 is 1.33 bits per heavy atom. The molecule has 0 saturated carbocycles. The van der Waals surface area contributed by atoms with E-state index in [2.05, 4.69) is 0 Å². The van der Waals surface area contributed by atoms with Gasteiger partial charge in [0, 0.05) is 0 Å². The van der Waals surface area contributed by atoms with Crippen LogP contribution in [0.1, 0.15) is 0 Å². The molecule has 0 aromatic rings. The molecule has 0 amide bonds. The zero-order valence-electron chi connectivity index (χ0n) is 3.34. The molecule has 0 aliphatic rings. The molecule has 0 N–H and O–H groups in total. The first-order chi connectivity index (χ1) is 1.73. The summed E-state index contributed by atoms with van der Waals surface area (Å²) >= 11 is -3.79. The quantitative estimate of drug-likeness (QED) is 0.357. The summed E-state index contributed by atoms with van der Waals surface area (Å²) in [5, 5.41) is 0. The Morgan fingerprint density at radius 2 is 1.33 bits per heavy atom. The van der Waals surface area contributed by atoms with Gasteiger partial charge in [0.1, 0.15) is 0 Å². The van der Waals surface area contributed by atoms with Crippen LogP contribution in [0.3, 0.4) is 0 Å². The Morgan fingerprint density at radius 1 is 1.33 bits per heavy atom. The van der Waals surface area contributed by atoms with E-state index in [4.69, 9.17) is 12.2 Å². The van der Waals surface area contributed by atoms with Gasteiger partial charge < -0.3 is 0 Å². The van der Waals surface area contributed by atoms with Gasteiger partial charge in [-0.15, -0.1) is 0 Å². The molecule has 26 valence electrons. The molecule has 0 radical (unpaired) electrons. The summed E-state index contributed by atoms with van der Waals surface area (Å²) in [6.07, 6.45) is 0. The van der Waals surface area contributed by atoms with Crippen LogP contribution in [0.4, 0.5) is 0 Å². The maximum Gasteiger partial charge on any atom is 2.00 e. The molecule has 0 spiro atoms. The van der Waals surface area contributed by atoms with Gasteiger partial charge in [0.05, 0.1) is 0 Å². The number of rotatable bonds is 0. The van der Waals surface area contributed by atoms with E-state index in [0.29, 0.717) is 0 Å². The number of hydrogen-bond donors (Lipinski definition) is 0. The van der Waals surface area contributed by atoms with Crippen LogP contribution in [-0.2, 0) is 3.83 Å². The van der Waals surface area contributed by atoms with Gasteiger partial charge in [-0.25, -0.2) is 0 Å². The normalized spacial score (nSPS) is 5.83. The molecule has 3 nitrogen and oxygen atoms in total. The fourth-order valence-corrected chi connectivity index (χ4v) is 0. The fraction of sp³-hybridized carbons (Fsp3) is 0. The van der Waals surface area contributed by atoms with E-state index in [1.807, 2.05) is 0 Å². The van der Waals surface area contributed by atoms with Gasteiger partial charge in [-0.05, 0) is 0 Å². The van der Waals surface area contributed by atoms with Gasteiger partial charge in [0.15, 0.2) is 0 Å². The van der Waals surface area contributed by atoms with Crippen molar-refractivity contribution in [3.05, 3.63) is 0 Å². The van der Waals surface area contributed by atoms with Crippen molar-refractivity contribution in [1.29, 1.82) is 0 Å². The molecule has 0 unspecified atom stereocenters. The molecule has 0 aromatic heterocycles. The molecular formula is CaNaO3Se+. The summed E-state index contributed by atoms with van der Waals surface area (Å²) in [5.41, 5.74) is 0. The zero-order valence-corrected chi connectivity index (χ0v) is 9.26. The minimum atomic E-state index is -3.79. The zero-order chi connectivity index (χ0) is 3.58. The molecule has 0 fully saturated rings. The van der Waals surface area contributed by atoms with Gasteiger partial charge in [0.2, 0.25) is 0 Å². The van der Waals surface area contributed by atoms with Crippen LogP contribution in [0.5, 0.6) is 0 Å². The van der Waals surface area contributed by atoms with E-state index in [-0.39, 0.29) is 67.3 Å². The Bertz CT molecular complexity index is 33.8. The van der Waals surface area contributed by atoms with Gasteiger partial charge in [-0.2, -0.15) is 0 Å². The predicted molar refractivity (Wildman–Crippen MR) is 12.2 cm³/mol. The van der Waals surface area contributed by atoms with Crippen molar-refractivity contribution in [3.8, 4) is 0 Å². The van der Waals surface area contributed by atoms with E-state index in [1.165, 1.54) is 0 Å². The molecular weight excluding hydrogens is 190 g/mol. The van der Waals surface area contributed by atoms with Crippen LogP contribution >= 0.6 is 0 Å². The van der Waals surface area contributed by atoms with Gasteiger partial charge in [-0.1, -0.05) is 0 Å². The van der Waals surface area contributed by atoms with Crippen molar-refractivity contribution in [3.63, 3.8) is 0 Å². The van der Waals surface area contributed by atoms with Crippen LogP contribution in [0.2, 0.25) is 0 Å². The van der Waals surface area contributed by atoms with E-state index in [9.17, 15) is 0 Å². The molecule has 0 aromatic carbocycles. The maximum atomic E-state index is 8.54. The molecule has 0 aliphatic carbocycles. The third kappa shape index (κ3) is 31.5. The third-order valence-electron chi connectivity index (χ3n) is 0. The summed E-state index contributed by atoms with van der Waals surface area (Å²) in [7, 11) is 0. The Labute approximate surface area is 92.1 Å². The molecule has 0 rings (SSSR count). The van der Waals surface area contributed by atoms with Crippen molar-refractivity contribution in [1.82, 2.24) is 0 Å². The second kappa shape index (κ2) is 10.5. The molecule has 0 atom stereocenters. The topological polar surface area (TPSA) is 63.2 Å². The summed E-state index contributed by atoms with van der Waals surface area (Å²) in [6, 6.07) is 0. The Balaban J connectivity index is -0.0000000450. The summed E-state index contributed by atoms with van der Waals surface area (Å²) in [5.74, 6) is 0. The first-order valence-corrected chi connectivity index (χ1v) is 2.60. The molecule has 6 heteroatoms.